The fraction of sp³-hybridized carbons (Fsp3) is 0.417. The van der Waals surface area contributed by atoms with Gasteiger partial charge in [0, 0.05) is 24.2 Å². The number of hydrogen-bond acceptors (Lipinski definition) is 3. The second-order valence-electron chi connectivity index (χ2n) is 4.26. The lowest BCUT2D eigenvalue weighted by molar-refractivity contribution is 0.440. The van der Waals surface area contributed by atoms with Crippen molar-refractivity contribution in [1.82, 2.24) is 5.32 Å². The Morgan fingerprint density at radius 3 is 3.20 bits per heavy atom. The number of benzene rings is 1. The van der Waals surface area contributed by atoms with Crippen LogP contribution in [0.4, 0.5) is 5.69 Å². The van der Waals surface area contributed by atoms with Crippen LogP contribution < -0.4 is 10.6 Å². The first-order chi connectivity index (χ1) is 7.38. The molecule has 0 aromatic heterocycles. The van der Waals surface area contributed by atoms with Crippen molar-refractivity contribution in [2.24, 2.45) is 0 Å². The molecule has 2 atom stereocenters. The maximum atomic E-state index is 8.88. The van der Waals surface area contributed by atoms with E-state index in [4.69, 9.17) is 5.26 Å². The van der Waals surface area contributed by atoms with Gasteiger partial charge in [-0.25, -0.2) is 0 Å². The molecule has 0 aliphatic carbocycles. The van der Waals surface area contributed by atoms with Crippen molar-refractivity contribution < 1.29 is 0 Å². The third-order valence-electron chi connectivity index (χ3n) is 3.40. The average Bonchev–Trinajstić information content (AvgIpc) is 2.66. The summed E-state index contributed by atoms with van der Waals surface area (Å²) in [5.74, 6) is 0.544. The van der Waals surface area contributed by atoms with Crippen LogP contribution in [0.1, 0.15) is 23.5 Å². The highest BCUT2D eigenvalue weighted by molar-refractivity contribution is 5.62. The Hall–Kier alpha value is -1.53. The highest BCUT2D eigenvalue weighted by Crippen LogP contribution is 2.38. The van der Waals surface area contributed by atoms with E-state index in [1.165, 1.54) is 17.7 Å². The smallest absolute Gasteiger partial charge is 0.0991 e. The molecule has 3 heteroatoms. The first-order valence-corrected chi connectivity index (χ1v) is 5.40. The molecule has 0 bridgehead atoms. The molecule has 2 unspecified atom stereocenters. The first kappa shape index (κ1) is 8.75. The molecule has 1 aromatic carbocycles. The summed E-state index contributed by atoms with van der Waals surface area (Å²) in [6.45, 7) is 2.12. The van der Waals surface area contributed by atoms with Crippen LogP contribution in [0.2, 0.25) is 0 Å². The molecule has 1 aromatic rings. The predicted octanol–water partition coefficient (Wildman–Crippen LogP) is 1.43. The van der Waals surface area contributed by atoms with Crippen LogP contribution >= 0.6 is 0 Å². The van der Waals surface area contributed by atoms with Gasteiger partial charge in [-0.3, -0.25) is 0 Å². The normalized spacial score (nSPS) is 27.4. The maximum Gasteiger partial charge on any atom is 0.0991 e. The van der Waals surface area contributed by atoms with Gasteiger partial charge in [0.25, 0.3) is 0 Å². The van der Waals surface area contributed by atoms with Gasteiger partial charge >= 0.3 is 0 Å². The Bertz CT molecular complexity index is 433. The summed E-state index contributed by atoms with van der Waals surface area (Å²) in [6.07, 6.45) is 1.17. The summed E-state index contributed by atoms with van der Waals surface area (Å²) in [6, 6.07) is 8.72. The van der Waals surface area contributed by atoms with E-state index in [0.29, 0.717) is 12.0 Å². The third kappa shape index (κ3) is 1.30. The Kier molecular flexibility index (Phi) is 1.90. The van der Waals surface area contributed by atoms with Gasteiger partial charge in [0.15, 0.2) is 0 Å². The van der Waals surface area contributed by atoms with Gasteiger partial charge in [0.2, 0.25) is 0 Å². The topological polar surface area (TPSA) is 47.9 Å². The van der Waals surface area contributed by atoms with Gasteiger partial charge in [0.05, 0.1) is 11.6 Å². The molecule has 76 valence electrons. The van der Waals surface area contributed by atoms with Crippen molar-refractivity contribution in [2.45, 2.75) is 18.4 Å². The molecule has 2 aliphatic rings. The number of nitrogens with zero attached hydrogens (tertiary/aromatic N) is 1. The third-order valence-corrected chi connectivity index (χ3v) is 3.40. The summed E-state index contributed by atoms with van der Waals surface area (Å²) >= 11 is 0. The standard InChI is InChI=1S/C12H13N3/c13-6-8-1-2-11-9(5-8)10-7-14-4-3-12(10)15-11/h1-2,5,10,12,14-15H,3-4,7H2. The van der Waals surface area contributed by atoms with Gasteiger partial charge in [-0.2, -0.15) is 5.26 Å². The molecule has 1 fully saturated rings. The van der Waals surface area contributed by atoms with Crippen LogP contribution in [-0.4, -0.2) is 19.1 Å². The van der Waals surface area contributed by atoms with Crippen LogP contribution in [-0.2, 0) is 0 Å². The molecule has 0 amide bonds. The monoisotopic (exact) mass is 199 g/mol. The Morgan fingerprint density at radius 2 is 2.33 bits per heavy atom. The molecule has 0 spiro atoms. The summed E-state index contributed by atoms with van der Waals surface area (Å²) in [7, 11) is 0. The molecule has 3 nitrogen and oxygen atoms in total. The first-order valence-electron chi connectivity index (χ1n) is 5.40. The van der Waals surface area contributed by atoms with Gasteiger partial charge in [-0.15, -0.1) is 0 Å². The van der Waals surface area contributed by atoms with Gasteiger partial charge in [-0.05, 0) is 36.7 Å². The number of anilines is 1. The Balaban J connectivity index is 2.02. The number of rotatable bonds is 0. The van der Waals surface area contributed by atoms with E-state index in [0.717, 1.165) is 18.7 Å². The van der Waals surface area contributed by atoms with E-state index in [1.807, 2.05) is 18.2 Å². The molecular weight excluding hydrogens is 186 g/mol. The van der Waals surface area contributed by atoms with Gasteiger partial charge < -0.3 is 10.6 Å². The SMILES string of the molecule is N#Cc1ccc2c(c1)C1CNCCC1N2. The van der Waals surface area contributed by atoms with Crippen molar-refractivity contribution in [1.29, 1.82) is 5.26 Å². The van der Waals surface area contributed by atoms with E-state index < -0.39 is 0 Å². The molecular formula is C12H13N3. The molecule has 2 N–H and O–H groups in total. The molecule has 1 saturated heterocycles. The zero-order valence-corrected chi connectivity index (χ0v) is 8.46. The zero-order valence-electron chi connectivity index (χ0n) is 8.46. The minimum absolute atomic E-state index is 0.544. The number of piperidine rings is 1. The summed E-state index contributed by atoms with van der Waals surface area (Å²) in [4.78, 5) is 0. The second-order valence-corrected chi connectivity index (χ2v) is 4.26. The fourth-order valence-electron chi connectivity index (χ4n) is 2.63. The molecule has 0 radical (unpaired) electrons. The molecule has 15 heavy (non-hydrogen) atoms. The lowest BCUT2D eigenvalue weighted by Gasteiger charge is -2.26. The molecule has 2 aliphatic heterocycles. The molecule has 2 heterocycles. The largest absolute Gasteiger partial charge is 0.381 e. The average molecular weight is 199 g/mol. The predicted molar refractivity (Wildman–Crippen MR) is 58.8 cm³/mol. The quantitative estimate of drug-likeness (QED) is 0.664. The van der Waals surface area contributed by atoms with Crippen molar-refractivity contribution in [3.63, 3.8) is 0 Å². The van der Waals surface area contributed by atoms with E-state index in [-0.39, 0.29) is 0 Å². The number of nitriles is 1. The summed E-state index contributed by atoms with van der Waals surface area (Å²) in [5.41, 5.74) is 3.29. The highest BCUT2D eigenvalue weighted by Gasteiger charge is 2.33. The number of hydrogen-bond donors (Lipinski definition) is 2. The van der Waals surface area contributed by atoms with Crippen molar-refractivity contribution in [3.05, 3.63) is 29.3 Å². The minimum Gasteiger partial charge on any atom is -0.381 e. The van der Waals surface area contributed by atoms with Crippen molar-refractivity contribution in [2.75, 3.05) is 18.4 Å². The van der Waals surface area contributed by atoms with Crippen LogP contribution in [0.25, 0.3) is 0 Å². The molecule has 3 rings (SSSR count). The molecule has 0 saturated carbocycles. The van der Waals surface area contributed by atoms with Crippen LogP contribution in [0, 0.1) is 11.3 Å². The zero-order chi connectivity index (χ0) is 10.3. The lowest BCUT2D eigenvalue weighted by atomic mass is 9.90. The van der Waals surface area contributed by atoms with Crippen LogP contribution in [0.5, 0.6) is 0 Å². The highest BCUT2D eigenvalue weighted by atomic mass is 15.0. The van der Waals surface area contributed by atoms with E-state index in [2.05, 4.69) is 16.7 Å². The van der Waals surface area contributed by atoms with Crippen molar-refractivity contribution >= 4 is 5.69 Å². The van der Waals surface area contributed by atoms with Gasteiger partial charge in [-0.1, -0.05) is 0 Å². The second kappa shape index (κ2) is 3.25. The van der Waals surface area contributed by atoms with E-state index in [1.54, 1.807) is 0 Å². The fourth-order valence-corrected chi connectivity index (χ4v) is 2.63. The lowest BCUT2D eigenvalue weighted by Crippen LogP contribution is -2.38. The van der Waals surface area contributed by atoms with Crippen molar-refractivity contribution in [3.8, 4) is 6.07 Å². The van der Waals surface area contributed by atoms with Crippen LogP contribution in [0.15, 0.2) is 18.2 Å². The number of fused-ring (bicyclic) bond motifs is 3. The van der Waals surface area contributed by atoms with E-state index >= 15 is 0 Å². The van der Waals surface area contributed by atoms with Gasteiger partial charge in [0.1, 0.15) is 0 Å². The maximum absolute atomic E-state index is 8.88. The number of nitrogens with one attached hydrogen (secondary N) is 2. The Labute approximate surface area is 89.1 Å². The van der Waals surface area contributed by atoms with E-state index in [9.17, 15) is 0 Å². The minimum atomic E-state index is 0.544. The summed E-state index contributed by atoms with van der Waals surface area (Å²) < 4.78 is 0. The van der Waals surface area contributed by atoms with Crippen LogP contribution in [0.3, 0.4) is 0 Å². The Morgan fingerprint density at radius 1 is 1.40 bits per heavy atom. The summed E-state index contributed by atoms with van der Waals surface area (Å²) in [5, 5.41) is 15.8.